The van der Waals surface area contributed by atoms with Gasteiger partial charge in [0.25, 0.3) is 11.8 Å². The molecule has 14 heteroatoms. The van der Waals surface area contributed by atoms with Crippen LogP contribution in [0.4, 0.5) is 16.2 Å². The average Bonchev–Trinajstić information content (AvgIpc) is 3.66. The second-order valence-corrected chi connectivity index (χ2v) is 13.9. The van der Waals surface area contributed by atoms with Gasteiger partial charge in [0.1, 0.15) is 6.04 Å². The van der Waals surface area contributed by atoms with Crippen LogP contribution in [0.3, 0.4) is 0 Å². The highest BCUT2D eigenvalue weighted by Crippen LogP contribution is 2.41. The molecule has 2 atom stereocenters. The third-order valence-electron chi connectivity index (χ3n) is 8.30. The van der Waals surface area contributed by atoms with Gasteiger partial charge in [0.15, 0.2) is 21.3 Å². The molecule has 0 spiro atoms. The molecular formula is C33H36N4O9S. The molecule has 3 aromatic carbocycles. The molecular weight excluding hydrogens is 628 g/mol. The van der Waals surface area contributed by atoms with Gasteiger partial charge in [-0.25, -0.2) is 13.2 Å². The number of sulfone groups is 1. The first-order chi connectivity index (χ1) is 22.4. The fourth-order valence-electron chi connectivity index (χ4n) is 5.83. The number of carbonyl (C=O) groups is 4. The van der Waals surface area contributed by atoms with Crippen LogP contribution >= 0.6 is 0 Å². The van der Waals surface area contributed by atoms with Gasteiger partial charge in [-0.3, -0.25) is 25.0 Å². The summed E-state index contributed by atoms with van der Waals surface area (Å²) in [6.45, 7) is 3.49. The number of likely N-dealkylation sites (tertiary alicyclic amines) is 1. The lowest BCUT2D eigenvalue weighted by Crippen LogP contribution is -2.38. The number of nitrogens with zero attached hydrogens (tertiary/aromatic N) is 1. The van der Waals surface area contributed by atoms with E-state index in [9.17, 15) is 27.6 Å². The van der Waals surface area contributed by atoms with E-state index in [1.54, 1.807) is 49.1 Å². The molecule has 3 aromatic rings. The number of hydrogen-bond donors (Lipinski definition) is 3. The second kappa shape index (κ2) is 13.3. The largest absolute Gasteiger partial charge is 0.493 e. The number of benzene rings is 3. The number of hydrogen-bond acceptors (Lipinski definition) is 10. The standard InChI is InChI=1S/C33H36N4O9S/c1-18(2)47(42,43)28-13-10-21(35-33(41)46-5)17-24(28)25-7-6-14-37(25)32(40)29(19-8-12-26(44-3)27(15-19)45-4)34-20-9-11-22-23(16-20)31(39)36-30(22)38/h8-13,15-18,25,29,34H,6-7,14H2,1-5H3,(H,35,41)(H,36,38,39)/t25-,29-/m1/s1. The summed E-state index contributed by atoms with van der Waals surface area (Å²) >= 11 is 0. The van der Waals surface area contributed by atoms with Gasteiger partial charge < -0.3 is 24.4 Å². The molecule has 1 saturated heterocycles. The zero-order valence-corrected chi connectivity index (χ0v) is 27.4. The Bertz CT molecular complexity index is 1860. The highest BCUT2D eigenvalue weighted by atomic mass is 32.2. The van der Waals surface area contributed by atoms with Gasteiger partial charge in [-0.1, -0.05) is 6.07 Å². The maximum atomic E-state index is 14.7. The Morgan fingerprint density at radius 3 is 2.28 bits per heavy atom. The minimum Gasteiger partial charge on any atom is -0.493 e. The molecule has 0 aromatic heterocycles. The van der Waals surface area contributed by atoms with Crippen LogP contribution in [0.1, 0.15) is 70.6 Å². The Labute approximate surface area is 272 Å². The van der Waals surface area contributed by atoms with Crippen molar-refractivity contribution in [2.24, 2.45) is 0 Å². The van der Waals surface area contributed by atoms with E-state index in [1.807, 2.05) is 0 Å². The molecule has 2 aliphatic heterocycles. The molecule has 47 heavy (non-hydrogen) atoms. The number of imide groups is 1. The van der Waals surface area contributed by atoms with Crippen molar-refractivity contribution >= 4 is 45.0 Å². The van der Waals surface area contributed by atoms with Crippen LogP contribution in [-0.4, -0.2) is 70.3 Å². The molecule has 13 nitrogen and oxygen atoms in total. The Morgan fingerprint density at radius 1 is 0.894 bits per heavy atom. The third-order valence-corrected chi connectivity index (χ3v) is 10.5. The van der Waals surface area contributed by atoms with Gasteiger partial charge in [0.2, 0.25) is 5.91 Å². The summed E-state index contributed by atoms with van der Waals surface area (Å²) in [7, 11) is 0.401. The fourth-order valence-corrected chi connectivity index (χ4v) is 7.12. The summed E-state index contributed by atoms with van der Waals surface area (Å²) in [6, 6.07) is 12.5. The van der Waals surface area contributed by atoms with Crippen molar-refractivity contribution in [2.45, 2.75) is 48.9 Å². The van der Waals surface area contributed by atoms with E-state index >= 15 is 0 Å². The summed E-state index contributed by atoms with van der Waals surface area (Å²) < 4.78 is 42.7. The number of rotatable bonds is 10. The highest BCUT2D eigenvalue weighted by Gasteiger charge is 2.38. The fraction of sp³-hybridized carbons (Fsp3) is 0.333. The van der Waals surface area contributed by atoms with Crippen LogP contribution in [0.2, 0.25) is 0 Å². The number of carbonyl (C=O) groups excluding carboxylic acids is 4. The van der Waals surface area contributed by atoms with Gasteiger partial charge in [-0.2, -0.15) is 0 Å². The Balaban J connectivity index is 1.59. The van der Waals surface area contributed by atoms with Crippen LogP contribution in [-0.2, 0) is 19.4 Å². The second-order valence-electron chi connectivity index (χ2n) is 11.4. The molecule has 0 aliphatic carbocycles. The molecule has 5 rings (SSSR count). The monoisotopic (exact) mass is 664 g/mol. The van der Waals surface area contributed by atoms with E-state index in [2.05, 4.69) is 16.0 Å². The maximum Gasteiger partial charge on any atom is 0.411 e. The first-order valence-corrected chi connectivity index (χ1v) is 16.5. The molecule has 4 amide bonds. The predicted octanol–water partition coefficient (Wildman–Crippen LogP) is 4.46. The van der Waals surface area contributed by atoms with Crippen LogP contribution < -0.4 is 25.4 Å². The van der Waals surface area contributed by atoms with E-state index in [4.69, 9.17) is 14.2 Å². The minimum absolute atomic E-state index is 0.0672. The van der Waals surface area contributed by atoms with E-state index < -0.39 is 45.1 Å². The van der Waals surface area contributed by atoms with E-state index in [1.165, 1.54) is 45.6 Å². The van der Waals surface area contributed by atoms with Crippen molar-refractivity contribution < 1.29 is 41.8 Å². The van der Waals surface area contributed by atoms with Crippen molar-refractivity contribution in [3.63, 3.8) is 0 Å². The molecule has 1 fully saturated rings. The van der Waals surface area contributed by atoms with E-state index in [0.717, 1.165) is 0 Å². The quantitative estimate of drug-likeness (QED) is 0.263. The molecule has 0 unspecified atom stereocenters. The first-order valence-electron chi connectivity index (χ1n) is 14.9. The van der Waals surface area contributed by atoms with Gasteiger partial charge in [0.05, 0.1) is 48.6 Å². The lowest BCUT2D eigenvalue weighted by molar-refractivity contribution is -0.133. The summed E-state index contributed by atoms with van der Waals surface area (Å²) in [6.07, 6.45) is 0.331. The third kappa shape index (κ3) is 6.45. The topological polar surface area (TPSA) is 169 Å². The lowest BCUT2D eigenvalue weighted by atomic mass is 10.00. The van der Waals surface area contributed by atoms with Crippen molar-refractivity contribution in [3.05, 3.63) is 76.9 Å². The number of anilines is 2. The van der Waals surface area contributed by atoms with E-state index in [0.29, 0.717) is 53.4 Å². The molecule has 248 valence electrons. The Morgan fingerprint density at radius 2 is 1.60 bits per heavy atom. The SMILES string of the molecule is COC(=O)Nc1ccc(S(=O)(=O)C(C)C)c([C@H]2CCCN2C(=O)[C@H](Nc2ccc3c(c2)C(=O)NC3=O)c2ccc(OC)c(OC)c2)c1. The predicted molar refractivity (Wildman–Crippen MR) is 173 cm³/mol. The van der Waals surface area contributed by atoms with Crippen LogP contribution in [0.15, 0.2) is 59.5 Å². The average molecular weight is 665 g/mol. The highest BCUT2D eigenvalue weighted by molar-refractivity contribution is 7.92. The number of amides is 4. The zero-order chi connectivity index (χ0) is 34.0. The summed E-state index contributed by atoms with van der Waals surface area (Å²) in [4.78, 5) is 52.9. The minimum atomic E-state index is -3.79. The molecule has 0 radical (unpaired) electrons. The zero-order valence-electron chi connectivity index (χ0n) is 26.6. The smallest absolute Gasteiger partial charge is 0.411 e. The lowest BCUT2D eigenvalue weighted by Gasteiger charge is -2.32. The Kier molecular flexibility index (Phi) is 9.43. The molecule has 2 aliphatic rings. The van der Waals surface area contributed by atoms with E-state index in [-0.39, 0.29) is 21.9 Å². The molecule has 3 N–H and O–H groups in total. The van der Waals surface area contributed by atoms with Crippen molar-refractivity contribution in [1.82, 2.24) is 10.2 Å². The normalized spacial score (nSPS) is 16.4. The van der Waals surface area contributed by atoms with Crippen LogP contribution in [0, 0.1) is 0 Å². The summed E-state index contributed by atoms with van der Waals surface area (Å²) in [5.41, 5.74) is 2.01. The number of fused-ring (bicyclic) bond motifs is 1. The van der Waals surface area contributed by atoms with Gasteiger partial charge in [-0.05, 0) is 86.3 Å². The van der Waals surface area contributed by atoms with Crippen molar-refractivity contribution in [3.8, 4) is 11.5 Å². The van der Waals surface area contributed by atoms with Crippen LogP contribution in [0.25, 0.3) is 0 Å². The maximum absolute atomic E-state index is 14.7. The number of nitrogens with one attached hydrogen (secondary N) is 3. The first kappa shape index (κ1) is 33.3. The van der Waals surface area contributed by atoms with Crippen molar-refractivity contribution in [1.29, 1.82) is 0 Å². The van der Waals surface area contributed by atoms with Crippen LogP contribution in [0.5, 0.6) is 11.5 Å². The Hall–Kier alpha value is -5.11. The number of methoxy groups -OCH3 is 3. The molecule has 0 bridgehead atoms. The summed E-state index contributed by atoms with van der Waals surface area (Å²) in [5, 5.41) is 7.35. The van der Waals surface area contributed by atoms with Crippen molar-refractivity contribution in [2.75, 3.05) is 38.5 Å². The van der Waals surface area contributed by atoms with Gasteiger partial charge >= 0.3 is 6.09 Å². The van der Waals surface area contributed by atoms with Gasteiger partial charge in [-0.15, -0.1) is 0 Å². The number of ether oxygens (including phenoxy) is 3. The summed E-state index contributed by atoms with van der Waals surface area (Å²) in [5.74, 6) is -0.581. The molecule has 2 heterocycles. The molecule has 0 saturated carbocycles. The van der Waals surface area contributed by atoms with Gasteiger partial charge in [0, 0.05) is 17.9 Å².